The number of carbonyl (C=O) groups excluding carboxylic acids is 1. The summed E-state index contributed by atoms with van der Waals surface area (Å²) in [6, 6.07) is 1.89. The molecule has 0 saturated carbocycles. The molecule has 3 heteroatoms. The Morgan fingerprint density at radius 2 is 2.13 bits per heavy atom. The van der Waals surface area contributed by atoms with Crippen molar-refractivity contribution >= 4 is 17.2 Å². The van der Waals surface area contributed by atoms with E-state index in [1.807, 2.05) is 19.9 Å². The van der Waals surface area contributed by atoms with Gasteiger partial charge in [-0.05, 0) is 39.3 Å². The second kappa shape index (κ2) is 4.08. The van der Waals surface area contributed by atoms with Crippen LogP contribution in [-0.2, 0) is 0 Å². The van der Waals surface area contributed by atoms with Crippen LogP contribution in [0.4, 0.5) is 0 Å². The lowest BCUT2D eigenvalue weighted by atomic mass is 10.1. The van der Waals surface area contributed by atoms with Crippen LogP contribution in [0.3, 0.4) is 0 Å². The molecular formula is C12H15NOS. The maximum Gasteiger partial charge on any atom is 0.262 e. The van der Waals surface area contributed by atoms with Gasteiger partial charge in [0.1, 0.15) is 0 Å². The van der Waals surface area contributed by atoms with Crippen LogP contribution in [0.2, 0.25) is 0 Å². The largest absolute Gasteiger partial charge is 0.336 e. The minimum atomic E-state index is -0.594. The van der Waals surface area contributed by atoms with Gasteiger partial charge < -0.3 is 5.32 Å². The lowest BCUT2D eigenvalue weighted by Crippen LogP contribution is -2.41. The molecule has 1 rings (SSSR count). The molecule has 0 bridgehead atoms. The monoisotopic (exact) mass is 221 g/mol. The summed E-state index contributed by atoms with van der Waals surface area (Å²) in [5.41, 5.74) is 0.548. The van der Waals surface area contributed by atoms with E-state index in [2.05, 4.69) is 11.2 Å². The SMILES string of the molecule is C#CC(C)(C)NC(=O)c1cc(C)c(C)s1. The van der Waals surface area contributed by atoms with Gasteiger partial charge >= 0.3 is 0 Å². The lowest BCUT2D eigenvalue weighted by molar-refractivity contribution is 0.0934. The summed E-state index contributed by atoms with van der Waals surface area (Å²) in [4.78, 5) is 13.7. The zero-order valence-corrected chi connectivity index (χ0v) is 10.3. The van der Waals surface area contributed by atoms with E-state index < -0.39 is 5.54 Å². The normalized spacial score (nSPS) is 10.9. The van der Waals surface area contributed by atoms with Crippen molar-refractivity contribution < 1.29 is 4.79 Å². The summed E-state index contributed by atoms with van der Waals surface area (Å²) in [6.07, 6.45) is 5.31. The predicted octanol–water partition coefficient (Wildman–Crippen LogP) is 2.51. The summed E-state index contributed by atoms with van der Waals surface area (Å²) < 4.78 is 0. The summed E-state index contributed by atoms with van der Waals surface area (Å²) in [6.45, 7) is 7.61. The Hall–Kier alpha value is -1.27. The molecule has 0 spiro atoms. The first-order valence-corrected chi connectivity index (χ1v) is 5.54. The second-order valence-corrected chi connectivity index (χ2v) is 5.33. The molecule has 1 amide bonds. The van der Waals surface area contributed by atoms with E-state index >= 15 is 0 Å². The fourth-order valence-electron chi connectivity index (χ4n) is 1.07. The molecule has 0 aliphatic rings. The standard InChI is InChI=1S/C12H15NOS/c1-6-12(4,5)13-11(14)10-7-8(2)9(3)15-10/h1,7H,2-5H3,(H,13,14). The topological polar surface area (TPSA) is 29.1 Å². The molecule has 1 aromatic heterocycles. The average Bonchev–Trinajstić information content (AvgIpc) is 2.47. The van der Waals surface area contributed by atoms with Gasteiger partial charge in [0.2, 0.25) is 0 Å². The quantitative estimate of drug-likeness (QED) is 0.764. The van der Waals surface area contributed by atoms with Gasteiger partial charge in [0.25, 0.3) is 5.91 Å². The van der Waals surface area contributed by atoms with E-state index in [-0.39, 0.29) is 5.91 Å². The molecule has 1 N–H and O–H groups in total. The molecular weight excluding hydrogens is 206 g/mol. The number of thiophene rings is 1. The van der Waals surface area contributed by atoms with Crippen molar-refractivity contribution in [1.82, 2.24) is 5.32 Å². The highest BCUT2D eigenvalue weighted by molar-refractivity contribution is 7.14. The Morgan fingerprint density at radius 3 is 2.53 bits per heavy atom. The van der Waals surface area contributed by atoms with Crippen LogP contribution in [0.5, 0.6) is 0 Å². The molecule has 2 nitrogen and oxygen atoms in total. The fraction of sp³-hybridized carbons (Fsp3) is 0.417. The van der Waals surface area contributed by atoms with E-state index in [0.29, 0.717) is 4.88 Å². The third kappa shape index (κ3) is 2.84. The summed E-state index contributed by atoms with van der Waals surface area (Å²) in [7, 11) is 0. The van der Waals surface area contributed by atoms with Gasteiger partial charge in [-0.3, -0.25) is 4.79 Å². The van der Waals surface area contributed by atoms with Crippen molar-refractivity contribution in [3.05, 3.63) is 21.4 Å². The van der Waals surface area contributed by atoms with Crippen molar-refractivity contribution in [1.29, 1.82) is 0 Å². The number of rotatable bonds is 2. The Labute approximate surface area is 94.7 Å². The second-order valence-electron chi connectivity index (χ2n) is 4.07. The molecule has 80 valence electrons. The number of hydrogen-bond donors (Lipinski definition) is 1. The number of hydrogen-bond acceptors (Lipinski definition) is 2. The maximum absolute atomic E-state index is 11.8. The fourth-order valence-corrected chi connectivity index (χ4v) is 2.00. The van der Waals surface area contributed by atoms with Crippen LogP contribution in [0.25, 0.3) is 0 Å². The molecule has 0 aliphatic heterocycles. The number of nitrogens with one attached hydrogen (secondary N) is 1. The van der Waals surface area contributed by atoms with Gasteiger partial charge in [-0.1, -0.05) is 5.92 Å². The first kappa shape index (κ1) is 11.8. The van der Waals surface area contributed by atoms with E-state index in [1.165, 1.54) is 16.2 Å². The zero-order chi connectivity index (χ0) is 11.6. The minimum Gasteiger partial charge on any atom is -0.336 e. The van der Waals surface area contributed by atoms with E-state index in [0.717, 1.165) is 5.56 Å². The molecule has 0 aliphatic carbocycles. The third-order valence-electron chi connectivity index (χ3n) is 2.18. The summed E-state index contributed by atoms with van der Waals surface area (Å²) in [5.74, 6) is 2.44. The number of carbonyl (C=O) groups is 1. The molecule has 15 heavy (non-hydrogen) atoms. The van der Waals surface area contributed by atoms with Gasteiger partial charge in [0.05, 0.1) is 10.4 Å². The molecule has 0 radical (unpaired) electrons. The Bertz CT molecular complexity index is 404. The summed E-state index contributed by atoms with van der Waals surface area (Å²) >= 11 is 1.49. The highest BCUT2D eigenvalue weighted by atomic mass is 32.1. The van der Waals surface area contributed by atoms with Gasteiger partial charge in [-0.2, -0.15) is 0 Å². The highest BCUT2D eigenvalue weighted by Crippen LogP contribution is 2.20. The molecule has 0 atom stereocenters. The van der Waals surface area contributed by atoms with E-state index in [1.54, 1.807) is 13.8 Å². The lowest BCUT2D eigenvalue weighted by Gasteiger charge is -2.18. The van der Waals surface area contributed by atoms with Gasteiger partial charge in [-0.25, -0.2) is 0 Å². The van der Waals surface area contributed by atoms with Crippen molar-refractivity contribution in [2.45, 2.75) is 33.2 Å². The highest BCUT2D eigenvalue weighted by Gasteiger charge is 2.19. The molecule has 1 heterocycles. The molecule has 0 unspecified atom stereocenters. The summed E-state index contributed by atoms with van der Waals surface area (Å²) in [5, 5.41) is 2.80. The number of aryl methyl sites for hydroxylation is 2. The van der Waals surface area contributed by atoms with Crippen molar-refractivity contribution in [3.8, 4) is 12.3 Å². The third-order valence-corrected chi connectivity index (χ3v) is 3.33. The molecule has 1 aromatic rings. The van der Waals surface area contributed by atoms with Crippen LogP contribution in [0, 0.1) is 26.2 Å². The molecule has 0 saturated heterocycles. The number of terminal acetylenes is 1. The van der Waals surface area contributed by atoms with Crippen LogP contribution in [0.15, 0.2) is 6.07 Å². The van der Waals surface area contributed by atoms with E-state index in [4.69, 9.17) is 6.42 Å². The van der Waals surface area contributed by atoms with Gasteiger partial charge in [0.15, 0.2) is 0 Å². The van der Waals surface area contributed by atoms with Crippen molar-refractivity contribution in [3.63, 3.8) is 0 Å². The van der Waals surface area contributed by atoms with Crippen LogP contribution < -0.4 is 5.32 Å². The van der Waals surface area contributed by atoms with Crippen LogP contribution >= 0.6 is 11.3 Å². The van der Waals surface area contributed by atoms with Gasteiger partial charge in [0, 0.05) is 4.88 Å². The predicted molar refractivity (Wildman–Crippen MR) is 64.2 cm³/mol. The maximum atomic E-state index is 11.8. The Balaban J connectivity index is 2.84. The van der Waals surface area contributed by atoms with Crippen LogP contribution in [0.1, 0.15) is 34.0 Å². The van der Waals surface area contributed by atoms with E-state index in [9.17, 15) is 4.79 Å². The first-order valence-electron chi connectivity index (χ1n) is 4.73. The minimum absolute atomic E-state index is 0.0980. The molecule has 0 fully saturated rings. The average molecular weight is 221 g/mol. The van der Waals surface area contributed by atoms with Gasteiger partial charge in [-0.15, -0.1) is 17.8 Å². The van der Waals surface area contributed by atoms with Crippen molar-refractivity contribution in [2.75, 3.05) is 0 Å². The smallest absolute Gasteiger partial charge is 0.262 e. The Kier molecular flexibility index (Phi) is 3.21. The Morgan fingerprint density at radius 1 is 1.53 bits per heavy atom. The van der Waals surface area contributed by atoms with Crippen molar-refractivity contribution in [2.24, 2.45) is 0 Å². The van der Waals surface area contributed by atoms with Crippen LogP contribution in [-0.4, -0.2) is 11.4 Å². The first-order chi connectivity index (χ1) is 6.85. The molecule has 0 aromatic carbocycles. The number of amides is 1. The zero-order valence-electron chi connectivity index (χ0n) is 9.47.